The molecule has 1 aromatic heterocycles. The first-order valence-corrected chi connectivity index (χ1v) is 10.4. The number of pyridine rings is 1. The number of aliphatic hydroxyl groups is 1. The van der Waals surface area contributed by atoms with Gasteiger partial charge in [-0.1, -0.05) is 13.8 Å². The summed E-state index contributed by atoms with van der Waals surface area (Å²) in [4.78, 5) is 9.00. The van der Waals surface area contributed by atoms with E-state index >= 15 is 0 Å². The second-order valence-electron chi connectivity index (χ2n) is 7.49. The van der Waals surface area contributed by atoms with E-state index in [-0.39, 0.29) is 12.0 Å². The van der Waals surface area contributed by atoms with Crippen LogP contribution >= 0.6 is 0 Å². The Balaban J connectivity index is 1.94. The summed E-state index contributed by atoms with van der Waals surface area (Å²) in [6.45, 7) is 9.61. The fraction of sp³-hybridized carbons (Fsp3) is 0.714. The molecule has 152 valence electrons. The Labute approximate surface area is 163 Å². The molecule has 0 aromatic carbocycles. The molecule has 6 heteroatoms. The molecule has 1 fully saturated rings. The average molecular weight is 377 g/mol. The number of aliphatic imine (C=N–C) groups is 1. The van der Waals surface area contributed by atoms with Crippen molar-refractivity contribution in [2.45, 2.75) is 59.4 Å². The number of guanidine groups is 1. The molecule has 0 radical (unpaired) electrons. The summed E-state index contributed by atoms with van der Waals surface area (Å²) in [7, 11) is 0. The smallest absolute Gasteiger partial charge is 0.213 e. The molecule has 3 N–H and O–H groups in total. The third kappa shape index (κ3) is 7.37. The Kier molecular flexibility index (Phi) is 8.85. The van der Waals surface area contributed by atoms with E-state index in [1.807, 2.05) is 12.1 Å². The van der Waals surface area contributed by atoms with Gasteiger partial charge in [-0.05, 0) is 62.0 Å². The summed E-state index contributed by atoms with van der Waals surface area (Å²) in [6, 6.07) is 3.95. The van der Waals surface area contributed by atoms with Crippen molar-refractivity contribution in [3.05, 3.63) is 23.9 Å². The van der Waals surface area contributed by atoms with Crippen LogP contribution in [0.25, 0.3) is 0 Å². The van der Waals surface area contributed by atoms with Crippen LogP contribution in [0.15, 0.2) is 23.3 Å². The lowest BCUT2D eigenvalue weighted by atomic mass is 9.79. The van der Waals surface area contributed by atoms with Crippen LogP contribution in [0.5, 0.6) is 5.88 Å². The van der Waals surface area contributed by atoms with Gasteiger partial charge in [0, 0.05) is 32.0 Å². The minimum absolute atomic E-state index is 0.103. The molecule has 0 atom stereocenters. The largest absolute Gasteiger partial charge is 0.477 e. The number of ether oxygens (including phenoxy) is 1. The van der Waals surface area contributed by atoms with Crippen LogP contribution in [0, 0.1) is 11.3 Å². The predicted molar refractivity (Wildman–Crippen MR) is 110 cm³/mol. The van der Waals surface area contributed by atoms with Crippen LogP contribution in [-0.2, 0) is 6.54 Å². The minimum Gasteiger partial charge on any atom is -0.477 e. The molecule has 0 amide bonds. The van der Waals surface area contributed by atoms with Crippen LogP contribution in [0.1, 0.15) is 58.4 Å². The number of hydrogen-bond donors (Lipinski definition) is 3. The predicted octanol–water partition coefficient (Wildman–Crippen LogP) is 3.11. The van der Waals surface area contributed by atoms with Crippen LogP contribution in [-0.4, -0.2) is 42.4 Å². The highest BCUT2D eigenvalue weighted by atomic mass is 16.5. The van der Waals surface area contributed by atoms with Crippen molar-refractivity contribution >= 4 is 5.96 Å². The first-order valence-electron chi connectivity index (χ1n) is 10.4. The maximum atomic E-state index is 9.40. The molecular formula is C21H36N4O2. The third-order valence-electron chi connectivity index (χ3n) is 5.50. The number of aliphatic hydroxyl groups excluding tert-OH is 1. The Morgan fingerprint density at radius 2 is 2.07 bits per heavy atom. The van der Waals surface area contributed by atoms with Crippen molar-refractivity contribution in [2.75, 3.05) is 26.3 Å². The summed E-state index contributed by atoms with van der Waals surface area (Å²) >= 11 is 0. The zero-order valence-electron chi connectivity index (χ0n) is 17.1. The van der Waals surface area contributed by atoms with Gasteiger partial charge in [-0.15, -0.1) is 0 Å². The van der Waals surface area contributed by atoms with Crippen LogP contribution < -0.4 is 15.4 Å². The molecule has 1 saturated carbocycles. The maximum absolute atomic E-state index is 9.40. The average Bonchev–Trinajstić information content (AvgIpc) is 3.52. The summed E-state index contributed by atoms with van der Waals surface area (Å²) < 4.78 is 5.76. The molecule has 1 aliphatic rings. The Bertz CT molecular complexity index is 583. The van der Waals surface area contributed by atoms with E-state index < -0.39 is 0 Å². The molecule has 27 heavy (non-hydrogen) atoms. The van der Waals surface area contributed by atoms with Crippen molar-refractivity contribution in [1.82, 2.24) is 15.6 Å². The van der Waals surface area contributed by atoms with Gasteiger partial charge in [-0.2, -0.15) is 0 Å². The number of nitrogens with zero attached hydrogens (tertiary/aromatic N) is 2. The van der Waals surface area contributed by atoms with Crippen molar-refractivity contribution in [1.29, 1.82) is 0 Å². The molecule has 0 unspecified atom stereocenters. The SMILES string of the molecule is CCNC(=NCc1ccnc(OCC2CC2)c1)NCC(CC)(CC)CCO. The summed E-state index contributed by atoms with van der Waals surface area (Å²) in [6.07, 6.45) is 7.20. The van der Waals surface area contributed by atoms with Gasteiger partial charge in [0.15, 0.2) is 5.96 Å². The molecule has 0 spiro atoms. The Hall–Kier alpha value is -1.82. The van der Waals surface area contributed by atoms with Crippen molar-refractivity contribution in [2.24, 2.45) is 16.3 Å². The number of aromatic nitrogens is 1. The lowest BCUT2D eigenvalue weighted by Crippen LogP contribution is -2.43. The molecule has 0 bridgehead atoms. The van der Waals surface area contributed by atoms with Crippen molar-refractivity contribution in [3.63, 3.8) is 0 Å². The third-order valence-corrected chi connectivity index (χ3v) is 5.50. The van der Waals surface area contributed by atoms with Gasteiger partial charge in [0.25, 0.3) is 0 Å². The van der Waals surface area contributed by atoms with E-state index in [4.69, 9.17) is 9.73 Å². The van der Waals surface area contributed by atoms with Gasteiger partial charge in [-0.25, -0.2) is 9.98 Å². The van der Waals surface area contributed by atoms with E-state index in [1.54, 1.807) is 6.20 Å². The minimum atomic E-state index is 0.103. The van der Waals surface area contributed by atoms with E-state index in [1.165, 1.54) is 12.8 Å². The highest BCUT2D eigenvalue weighted by Gasteiger charge is 2.25. The molecule has 1 aromatic rings. The monoisotopic (exact) mass is 376 g/mol. The molecule has 6 nitrogen and oxygen atoms in total. The van der Waals surface area contributed by atoms with Gasteiger partial charge in [0.1, 0.15) is 0 Å². The highest BCUT2D eigenvalue weighted by Crippen LogP contribution is 2.30. The first-order chi connectivity index (χ1) is 13.1. The maximum Gasteiger partial charge on any atom is 0.213 e. The van der Waals surface area contributed by atoms with Crippen LogP contribution in [0.2, 0.25) is 0 Å². The lowest BCUT2D eigenvalue weighted by Gasteiger charge is -2.32. The van der Waals surface area contributed by atoms with Crippen LogP contribution in [0.3, 0.4) is 0 Å². The van der Waals surface area contributed by atoms with Gasteiger partial charge >= 0.3 is 0 Å². The summed E-state index contributed by atoms with van der Waals surface area (Å²) in [5.74, 6) is 2.21. The molecule has 1 heterocycles. The Morgan fingerprint density at radius 1 is 1.30 bits per heavy atom. The zero-order valence-corrected chi connectivity index (χ0v) is 17.1. The molecular weight excluding hydrogens is 340 g/mol. The fourth-order valence-corrected chi connectivity index (χ4v) is 3.08. The van der Waals surface area contributed by atoms with Gasteiger partial charge < -0.3 is 20.5 Å². The van der Waals surface area contributed by atoms with E-state index in [0.29, 0.717) is 18.3 Å². The van der Waals surface area contributed by atoms with Crippen LogP contribution in [0.4, 0.5) is 0 Å². The fourth-order valence-electron chi connectivity index (χ4n) is 3.08. The van der Waals surface area contributed by atoms with Crippen molar-refractivity contribution < 1.29 is 9.84 Å². The van der Waals surface area contributed by atoms with Gasteiger partial charge in [-0.3, -0.25) is 0 Å². The first kappa shape index (κ1) is 21.5. The second-order valence-corrected chi connectivity index (χ2v) is 7.49. The molecule has 0 saturated heterocycles. The van der Waals surface area contributed by atoms with Crippen molar-refractivity contribution in [3.8, 4) is 5.88 Å². The summed E-state index contributed by atoms with van der Waals surface area (Å²) in [5.41, 5.74) is 1.19. The van der Waals surface area contributed by atoms with E-state index in [9.17, 15) is 5.11 Å². The molecule has 2 rings (SSSR count). The Morgan fingerprint density at radius 3 is 2.70 bits per heavy atom. The quantitative estimate of drug-likeness (QED) is 0.386. The normalized spacial score (nSPS) is 14.9. The lowest BCUT2D eigenvalue weighted by molar-refractivity contribution is 0.169. The zero-order chi connectivity index (χ0) is 19.5. The number of nitrogens with one attached hydrogen (secondary N) is 2. The molecule has 1 aliphatic carbocycles. The second kappa shape index (κ2) is 11.1. The highest BCUT2D eigenvalue weighted by molar-refractivity contribution is 5.79. The van der Waals surface area contributed by atoms with E-state index in [2.05, 4.69) is 36.4 Å². The standard InChI is InChI=1S/C21H36N4O2/c1-4-21(5-2,10-12-26)16-25-20(22-6-3)24-14-18-9-11-23-19(13-18)27-15-17-7-8-17/h9,11,13,17,26H,4-8,10,12,14-16H2,1-3H3,(H2,22,24,25). The number of hydrogen-bond acceptors (Lipinski definition) is 4. The topological polar surface area (TPSA) is 78.8 Å². The van der Waals surface area contributed by atoms with Gasteiger partial charge in [0.2, 0.25) is 5.88 Å². The van der Waals surface area contributed by atoms with E-state index in [0.717, 1.165) is 50.5 Å². The number of rotatable bonds is 12. The van der Waals surface area contributed by atoms with Gasteiger partial charge in [0.05, 0.1) is 13.2 Å². The molecule has 0 aliphatic heterocycles. The summed E-state index contributed by atoms with van der Waals surface area (Å²) in [5, 5.41) is 16.2.